The van der Waals surface area contributed by atoms with E-state index in [1.165, 1.54) is 0 Å². The highest BCUT2D eigenvalue weighted by Gasteiger charge is 2.27. The van der Waals surface area contributed by atoms with Crippen molar-refractivity contribution >= 4 is 0 Å². The first-order chi connectivity index (χ1) is 6.74. The Balaban J connectivity index is 3.82. The van der Waals surface area contributed by atoms with Crippen LogP contribution in [0.1, 0.15) is 39.5 Å². The van der Waals surface area contributed by atoms with Gasteiger partial charge in [0, 0.05) is 18.6 Å². The van der Waals surface area contributed by atoms with Gasteiger partial charge in [-0.05, 0) is 19.3 Å². The van der Waals surface area contributed by atoms with Crippen molar-refractivity contribution in [1.29, 1.82) is 0 Å². The van der Waals surface area contributed by atoms with E-state index in [2.05, 4.69) is 13.8 Å². The largest absolute Gasteiger partial charge is 0.396 e. The third-order valence-corrected chi connectivity index (χ3v) is 2.58. The van der Waals surface area contributed by atoms with Crippen LogP contribution in [0.3, 0.4) is 0 Å². The summed E-state index contributed by atoms with van der Waals surface area (Å²) in [5, 5.41) is 18.5. The van der Waals surface area contributed by atoms with Crippen molar-refractivity contribution in [3.8, 4) is 0 Å². The average molecular weight is 204 g/mol. The molecule has 0 radical (unpaired) electrons. The van der Waals surface area contributed by atoms with E-state index in [4.69, 9.17) is 4.74 Å². The maximum absolute atomic E-state index is 9.25. The van der Waals surface area contributed by atoms with E-state index in [-0.39, 0.29) is 18.6 Å². The molecule has 0 aromatic carbocycles. The van der Waals surface area contributed by atoms with Gasteiger partial charge in [-0.25, -0.2) is 0 Å². The highest BCUT2D eigenvalue weighted by molar-refractivity contribution is 4.77. The van der Waals surface area contributed by atoms with Crippen LogP contribution in [0, 0.1) is 5.41 Å². The molecule has 0 aliphatic carbocycles. The van der Waals surface area contributed by atoms with Crippen molar-refractivity contribution in [2.24, 2.45) is 5.41 Å². The Morgan fingerprint density at radius 3 is 2.00 bits per heavy atom. The molecule has 0 heterocycles. The first-order valence-corrected chi connectivity index (χ1v) is 5.54. The van der Waals surface area contributed by atoms with Gasteiger partial charge < -0.3 is 14.9 Å². The molecule has 0 rings (SSSR count). The quantitative estimate of drug-likeness (QED) is 0.561. The normalized spacial score (nSPS) is 12.0. The third-order valence-electron chi connectivity index (χ3n) is 2.58. The van der Waals surface area contributed by atoms with E-state index in [1.54, 1.807) is 0 Å². The van der Waals surface area contributed by atoms with Crippen molar-refractivity contribution in [2.45, 2.75) is 39.5 Å². The van der Waals surface area contributed by atoms with E-state index in [1.807, 2.05) is 0 Å². The standard InChI is InChI=1S/C11H24O3/c1-3-5-11(9-12,10-13)6-8-14-7-4-2/h12-13H,3-10H2,1-2H3. The van der Waals surface area contributed by atoms with Crippen LogP contribution in [0.15, 0.2) is 0 Å². The van der Waals surface area contributed by atoms with Crippen LogP contribution in [0.4, 0.5) is 0 Å². The number of ether oxygens (including phenoxy) is 1. The Morgan fingerprint density at radius 2 is 1.57 bits per heavy atom. The van der Waals surface area contributed by atoms with Gasteiger partial charge in [-0.15, -0.1) is 0 Å². The molecule has 86 valence electrons. The molecule has 0 aliphatic heterocycles. The molecule has 3 heteroatoms. The van der Waals surface area contributed by atoms with Crippen LogP contribution in [0.5, 0.6) is 0 Å². The van der Waals surface area contributed by atoms with Gasteiger partial charge in [-0.2, -0.15) is 0 Å². The lowest BCUT2D eigenvalue weighted by molar-refractivity contribution is 0.00972. The van der Waals surface area contributed by atoms with E-state index in [0.29, 0.717) is 6.61 Å². The average Bonchev–Trinajstić information content (AvgIpc) is 2.23. The summed E-state index contributed by atoms with van der Waals surface area (Å²) in [7, 11) is 0. The van der Waals surface area contributed by atoms with Crippen molar-refractivity contribution in [2.75, 3.05) is 26.4 Å². The molecule has 0 atom stereocenters. The molecule has 0 saturated carbocycles. The molecule has 2 N–H and O–H groups in total. The molecule has 3 nitrogen and oxygen atoms in total. The molecule has 0 unspecified atom stereocenters. The third kappa shape index (κ3) is 4.94. The lowest BCUT2D eigenvalue weighted by Gasteiger charge is -2.29. The fourth-order valence-corrected chi connectivity index (χ4v) is 1.56. The lowest BCUT2D eigenvalue weighted by atomic mass is 9.82. The van der Waals surface area contributed by atoms with Gasteiger partial charge in [0.05, 0.1) is 13.2 Å². The minimum Gasteiger partial charge on any atom is -0.396 e. The van der Waals surface area contributed by atoms with Crippen LogP contribution < -0.4 is 0 Å². The zero-order chi connectivity index (χ0) is 10.9. The molecule has 14 heavy (non-hydrogen) atoms. The number of aliphatic hydroxyl groups is 2. The Labute approximate surface area is 87.1 Å². The van der Waals surface area contributed by atoms with Gasteiger partial charge in [-0.3, -0.25) is 0 Å². The predicted octanol–water partition coefficient (Wildman–Crippen LogP) is 1.57. The Hall–Kier alpha value is -0.120. The summed E-state index contributed by atoms with van der Waals surface area (Å²) in [4.78, 5) is 0. The van der Waals surface area contributed by atoms with E-state index < -0.39 is 0 Å². The molecule has 0 aromatic heterocycles. The minimum absolute atomic E-state index is 0.0484. The molecule has 0 aromatic rings. The molecular weight excluding hydrogens is 180 g/mol. The molecule has 0 amide bonds. The fourth-order valence-electron chi connectivity index (χ4n) is 1.56. The predicted molar refractivity (Wildman–Crippen MR) is 57.2 cm³/mol. The summed E-state index contributed by atoms with van der Waals surface area (Å²) >= 11 is 0. The fraction of sp³-hybridized carbons (Fsp3) is 1.00. The summed E-state index contributed by atoms with van der Waals surface area (Å²) in [6, 6.07) is 0. The van der Waals surface area contributed by atoms with Crippen LogP contribution in [-0.4, -0.2) is 36.6 Å². The lowest BCUT2D eigenvalue weighted by Crippen LogP contribution is -2.31. The number of aliphatic hydroxyl groups excluding tert-OH is 2. The van der Waals surface area contributed by atoms with Crippen molar-refractivity contribution in [1.82, 2.24) is 0 Å². The van der Waals surface area contributed by atoms with Crippen molar-refractivity contribution in [3.05, 3.63) is 0 Å². The van der Waals surface area contributed by atoms with E-state index in [9.17, 15) is 10.2 Å². The minimum atomic E-state index is -0.331. The van der Waals surface area contributed by atoms with Crippen molar-refractivity contribution in [3.63, 3.8) is 0 Å². The number of hydrogen-bond acceptors (Lipinski definition) is 3. The van der Waals surface area contributed by atoms with E-state index in [0.717, 1.165) is 32.3 Å². The maximum atomic E-state index is 9.25. The van der Waals surface area contributed by atoms with Gasteiger partial charge in [0.15, 0.2) is 0 Å². The highest BCUT2D eigenvalue weighted by atomic mass is 16.5. The summed E-state index contributed by atoms with van der Waals surface area (Å²) in [6.07, 6.45) is 3.59. The summed E-state index contributed by atoms with van der Waals surface area (Å²) in [6.45, 7) is 5.62. The van der Waals surface area contributed by atoms with Gasteiger partial charge in [0.2, 0.25) is 0 Å². The zero-order valence-corrected chi connectivity index (χ0v) is 9.46. The highest BCUT2D eigenvalue weighted by Crippen LogP contribution is 2.26. The topological polar surface area (TPSA) is 49.7 Å². The molecule has 0 aliphatic rings. The second kappa shape index (κ2) is 8.21. The van der Waals surface area contributed by atoms with Crippen LogP contribution in [0.2, 0.25) is 0 Å². The summed E-state index contributed by atoms with van der Waals surface area (Å²) < 4.78 is 5.37. The Kier molecular flexibility index (Phi) is 8.14. The van der Waals surface area contributed by atoms with Crippen LogP contribution in [0.25, 0.3) is 0 Å². The molecular formula is C11H24O3. The number of rotatable bonds is 9. The SMILES string of the molecule is CCCOCCC(CO)(CO)CCC. The first-order valence-electron chi connectivity index (χ1n) is 5.54. The Morgan fingerprint density at radius 1 is 0.929 bits per heavy atom. The van der Waals surface area contributed by atoms with Gasteiger partial charge in [0.25, 0.3) is 0 Å². The second-order valence-electron chi connectivity index (χ2n) is 3.93. The zero-order valence-electron chi connectivity index (χ0n) is 9.46. The summed E-state index contributed by atoms with van der Waals surface area (Å²) in [5.41, 5.74) is -0.331. The smallest absolute Gasteiger partial charge is 0.0510 e. The molecule has 0 saturated heterocycles. The van der Waals surface area contributed by atoms with Gasteiger partial charge in [-0.1, -0.05) is 20.3 Å². The maximum Gasteiger partial charge on any atom is 0.0510 e. The van der Waals surface area contributed by atoms with Crippen molar-refractivity contribution < 1.29 is 14.9 Å². The summed E-state index contributed by atoms with van der Waals surface area (Å²) in [5.74, 6) is 0. The monoisotopic (exact) mass is 204 g/mol. The van der Waals surface area contributed by atoms with Gasteiger partial charge >= 0.3 is 0 Å². The number of hydrogen-bond donors (Lipinski definition) is 2. The second-order valence-corrected chi connectivity index (χ2v) is 3.93. The van der Waals surface area contributed by atoms with Gasteiger partial charge in [0.1, 0.15) is 0 Å². The van der Waals surface area contributed by atoms with Crippen LogP contribution >= 0.6 is 0 Å². The first kappa shape index (κ1) is 13.9. The molecule has 0 fully saturated rings. The van der Waals surface area contributed by atoms with Crippen LogP contribution in [-0.2, 0) is 4.74 Å². The molecule has 0 spiro atoms. The Bertz CT molecular complexity index is 122. The van der Waals surface area contributed by atoms with E-state index >= 15 is 0 Å². The molecule has 0 bridgehead atoms.